The summed E-state index contributed by atoms with van der Waals surface area (Å²) < 4.78 is 37.5. The number of halogens is 3. The third kappa shape index (κ3) is 3.00. The van der Waals surface area contributed by atoms with Crippen LogP contribution < -0.4 is 0 Å². The van der Waals surface area contributed by atoms with E-state index in [2.05, 4.69) is 4.85 Å². The van der Waals surface area contributed by atoms with Crippen molar-refractivity contribution >= 4 is 5.69 Å². The molecule has 0 bridgehead atoms. The summed E-state index contributed by atoms with van der Waals surface area (Å²) in [6.45, 7) is 8.81. The highest BCUT2D eigenvalue weighted by molar-refractivity contribution is 5.47. The molecule has 1 atom stereocenters. The van der Waals surface area contributed by atoms with E-state index in [4.69, 9.17) is 6.57 Å². The van der Waals surface area contributed by atoms with Crippen molar-refractivity contribution in [3.05, 3.63) is 76.6 Å². The molecule has 0 aliphatic rings. The van der Waals surface area contributed by atoms with Gasteiger partial charge in [0.1, 0.15) is 0 Å². The number of rotatable bonds is 2. The first-order chi connectivity index (χ1) is 9.41. The van der Waals surface area contributed by atoms with Crippen LogP contribution in [0.3, 0.4) is 0 Å². The Balaban J connectivity index is 2.24. The minimum atomic E-state index is -4.31. The first kappa shape index (κ1) is 14.1. The first-order valence-electron chi connectivity index (χ1n) is 6.06. The van der Waals surface area contributed by atoms with Crippen LogP contribution in [0.25, 0.3) is 4.85 Å². The van der Waals surface area contributed by atoms with Crippen LogP contribution in [-0.4, -0.2) is 0 Å². The van der Waals surface area contributed by atoms with Gasteiger partial charge in [0, 0.05) is 5.92 Å². The molecular weight excluding hydrogens is 263 g/mol. The zero-order valence-electron chi connectivity index (χ0n) is 10.8. The summed E-state index contributed by atoms with van der Waals surface area (Å²) in [6, 6.07) is 12.3. The second-order valence-electron chi connectivity index (χ2n) is 4.54. The molecule has 0 saturated heterocycles. The molecule has 0 aliphatic heterocycles. The molecule has 1 unspecified atom stereocenters. The van der Waals surface area contributed by atoms with Crippen molar-refractivity contribution in [2.45, 2.75) is 19.0 Å². The van der Waals surface area contributed by atoms with E-state index in [0.717, 1.165) is 23.3 Å². The molecule has 4 heteroatoms. The minimum Gasteiger partial charge on any atom is -0.238 e. The van der Waals surface area contributed by atoms with Gasteiger partial charge < -0.3 is 0 Å². The summed E-state index contributed by atoms with van der Waals surface area (Å²) in [7, 11) is 0. The van der Waals surface area contributed by atoms with Crippen LogP contribution in [-0.2, 0) is 6.18 Å². The number of alkyl halides is 3. The quantitative estimate of drug-likeness (QED) is 0.646. The summed E-state index contributed by atoms with van der Waals surface area (Å²) in [5, 5.41) is 0. The van der Waals surface area contributed by atoms with Crippen molar-refractivity contribution in [3.63, 3.8) is 0 Å². The molecule has 1 nitrogen and oxygen atoms in total. The number of hydrogen-bond donors (Lipinski definition) is 0. The molecule has 0 aliphatic carbocycles. The van der Waals surface area contributed by atoms with Gasteiger partial charge in [-0.25, -0.2) is 4.85 Å². The van der Waals surface area contributed by atoms with Crippen LogP contribution in [0, 0.1) is 6.57 Å². The van der Waals surface area contributed by atoms with Gasteiger partial charge in [0.15, 0.2) is 5.69 Å². The van der Waals surface area contributed by atoms with Crippen LogP contribution in [0.1, 0.15) is 29.5 Å². The SMILES string of the molecule is [C-]#[N+]c1ccc(C(C)c2ccc(C(F)(F)F)cc2)cc1. The highest BCUT2D eigenvalue weighted by Gasteiger charge is 2.30. The molecule has 2 aromatic rings. The lowest BCUT2D eigenvalue weighted by molar-refractivity contribution is -0.137. The Kier molecular flexibility index (Phi) is 3.80. The fraction of sp³-hybridized carbons (Fsp3) is 0.188. The molecular formula is C16H12F3N. The zero-order valence-corrected chi connectivity index (χ0v) is 10.8. The van der Waals surface area contributed by atoms with E-state index in [9.17, 15) is 13.2 Å². The molecule has 0 heterocycles. The maximum atomic E-state index is 12.5. The Morgan fingerprint density at radius 1 is 0.900 bits per heavy atom. The smallest absolute Gasteiger partial charge is 0.238 e. The van der Waals surface area contributed by atoms with Crippen molar-refractivity contribution in [1.82, 2.24) is 0 Å². The topological polar surface area (TPSA) is 4.36 Å². The summed E-state index contributed by atoms with van der Waals surface area (Å²) in [4.78, 5) is 3.31. The normalized spacial score (nSPS) is 12.8. The average Bonchev–Trinajstić information content (AvgIpc) is 2.46. The van der Waals surface area contributed by atoms with Crippen LogP contribution in [0.2, 0.25) is 0 Å². The Hall–Kier alpha value is -2.28. The van der Waals surface area contributed by atoms with Gasteiger partial charge in [0.2, 0.25) is 0 Å². The van der Waals surface area contributed by atoms with Crippen LogP contribution in [0.15, 0.2) is 48.5 Å². The summed E-state index contributed by atoms with van der Waals surface area (Å²) in [6.07, 6.45) is -4.31. The Morgan fingerprint density at radius 3 is 1.75 bits per heavy atom. The fourth-order valence-electron chi connectivity index (χ4n) is 1.99. The van der Waals surface area contributed by atoms with Gasteiger partial charge in [-0.3, -0.25) is 0 Å². The van der Waals surface area contributed by atoms with Crippen LogP contribution in [0.4, 0.5) is 18.9 Å². The Bertz CT molecular complexity index is 619. The summed E-state index contributed by atoms with van der Waals surface area (Å²) >= 11 is 0. The second-order valence-corrected chi connectivity index (χ2v) is 4.54. The van der Waals surface area contributed by atoms with E-state index in [-0.39, 0.29) is 5.92 Å². The third-order valence-corrected chi connectivity index (χ3v) is 3.26. The lowest BCUT2D eigenvalue weighted by Crippen LogP contribution is -2.05. The van der Waals surface area contributed by atoms with Gasteiger partial charge in [0.05, 0.1) is 12.1 Å². The molecule has 0 N–H and O–H groups in total. The predicted molar refractivity (Wildman–Crippen MR) is 71.7 cm³/mol. The van der Waals surface area contributed by atoms with Crippen molar-refractivity contribution in [2.75, 3.05) is 0 Å². The van der Waals surface area contributed by atoms with Gasteiger partial charge in [-0.2, -0.15) is 13.2 Å². The summed E-state index contributed by atoms with van der Waals surface area (Å²) in [5.74, 6) is -0.0166. The molecule has 2 rings (SSSR count). The second kappa shape index (κ2) is 5.38. The number of hydrogen-bond acceptors (Lipinski definition) is 0. The maximum Gasteiger partial charge on any atom is 0.416 e. The number of benzene rings is 2. The van der Waals surface area contributed by atoms with Gasteiger partial charge in [-0.05, 0) is 23.3 Å². The van der Waals surface area contributed by atoms with E-state index in [1.165, 1.54) is 12.1 Å². The highest BCUT2D eigenvalue weighted by atomic mass is 19.4. The van der Waals surface area contributed by atoms with Crippen molar-refractivity contribution in [3.8, 4) is 0 Å². The predicted octanol–water partition coefficient (Wildman–Crippen LogP) is 5.41. The molecule has 2 aromatic carbocycles. The van der Waals surface area contributed by atoms with E-state index in [1.54, 1.807) is 12.1 Å². The van der Waals surface area contributed by atoms with Crippen molar-refractivity contribution in [1.29, 1.82) is 0 Å². The highest BCUT2D eigenvalue weighted by Crippen LogP contribution is 2.31. The van der Waals surface area contributed by atoms with E-state index >= 15 is 0 Å². The van der Waals surface area contributed by atoms with Crippen LogP contribution >= 0.6 is 0 Å². The van der Waals surface area contributed by atoms with E-state index in [1.807, 2.05) is 19.1 Å². The summed E-state index contributed by atoms with van der Waals surface area (Å²) in [5.41, 5.74) is 1.69. The van der Waals surface area contributed by atoms with Gasteiger partial charge in [-0.15, -0.1) is 0 Å². The van der Waals surface area contributed by atoms with Crippen LogP contribution in [0.5, 0.6) is 0 Å². The monoisotopic (exact) mass is 275 g/mol. The standard InChI is InChI=1S/C16H12F3N/c1-11(13-5-9-15(20-2)10-6-13)12-3-7-14(8-4-12)16(17,18)19/h3-11H,1H3. The average molecular weight is 275 g/mol. The Labute approximate surface area is 115 Å². The molecule has 0 saturated carbocycles. The van der Waals surface area contributed by atoms with Gasteiger partial charge in [-0.1, -0.05) is 43.3 Å². The molecule has 0 aromatic heterocycles. The van der Waals surface area contributed by atoms with Gasteiger partial charge >= 0.3 is 6.18 Å². The van der Waals surface area contributed by atoms with E-state index in [0.29, 0.717) is 5.69 Å². The maximum absolute atomic E-state index is 12.5. The van der Waals surface area contributed by atoms with Gasteiger partial charge in [0.25, 0.3) is 0 Å². The van der Waals surface area contributed by atoms with Crippen molar-refractivity contribution < 1.29 is 13.2 Å². The zero-order chi connectivity index (χ0) is 14.8. The third-order valence-electron chi connectivity index (χ3n) is 3.26. The number of nitrogens with zero attached hydrogens (tertiary/aromatic N) is 1. The molecule has 0 amide bonds. The molecule has 102 valence electrons. The molecule has 0 spiro atoms. The fourth-order valence-corrected chi connectivity index (χ4v) is 1.99. The Morgan fingerprint density at radius 2 is 1.35 bits per heavy atom. The van der Waals surface area contributed by atoms with E-state index < -0.39 is 11.7 Å². The lowest BCUT2D eigenvalue weighted by atomic mass is 9.92. The van der Waals surface area contributed by atoms with Crippen molar-refractivity contribution in [2.24, 2.45) is 0 Å². The molecule has 20 heavy (non-hydrogen) atoms. The molecule has 0 radical (unpaired) electrons. The largest absolute Gasteiger partial charge is 0.416 e. The minimum absolute atomic E-state index is 0.0166. The molecule has 0 fully saturated rings. The lowest BCUT2D eigenvalue weighted by Gasteiger charge is -2.14. The first-order valence-corrected chi connectivity index (χ1v) is 6.06.